The number of hydrogen-bond acceptors (Lipinski definition) is 4. The summed E-state index contributed by atoms with van der Waals surface area (Å²) in [4.78, 5) is 19.2. The van der Waals surface area contributed by atoms with E-state index in [-0.39, 0.29) is 17.9 Å². The minimum atomic E-state index is -0.373. The number of aromatic nitrogens is 1. The number of nitrogens with zero attached hydrogens (tertiary/aromatic N) is 2. The monoisotopic (exact) mass is 344 g/mol. The summed E-state index contributed by atoms with van der Waals surface area (Å²) in [6, 6.07) is 6.28. The zero-order valence-electron chi connectivity index (χ0n) is 14.5. The first-order chi connectivity index (χ1) is 11.5. The van der Waals surface area contributed by atoms with E-state index < -0.39 is 0 Å². The Labute approximate surface area is 147 Å². The molecule has 1 fully saturated rings. The van der Waals surface area contributed by atoms with Crippen molar-refractivity contribution in [3.05, 3.63) is 40.4 Å². The van der Waals surface area contributed by atoms with Crippen molar-refractivity contribution < 1.29 is 9.90 Å². The highest BCUT2D eigenvalue weighted by Gasteiger charge is 2.28. The average Bonchev–Trinajstić information content (AvgIpc) is 3.04. The number of benzene rings is 1. The van der Waals surface area contributed by atoms with Gasteiger partial charge in [0, 0.05) is 30.0 Å². The molecule has 1 aliphatic heterocycles. The van der Waals surface area contributed by atoms with E-state index in [1.54, 1.807) is 6.92 Å². The van der Waals surface area contributed by atoms with Crippen LogP contribution in [0.5, 0.6) is 0 Å². The van der Waals surface area contributed by atoms with Crippen LogP contribution in [0.1, 0.15) is 41.4 Å². The number of hydrogen-bond donors (Lipinski definition) is 1. The second-order valence-corrected chi connectivity index (χ2v) is 7.61. The van der Waals surface area contributed by atoms with Crippen molar-refractivity contribution in [2.75, 3.05) is 13.1 Å². The van der Waals surface area contributed by atoms with Gasteiger partial charge in [-0.1, -0.05) is 23.8 Å². The first kappa shape index (κ1) is 17.1. The Morgan fingerprint density at radius 3 is 2.92 bits per heavy atom. The fraction of sp³-hybridized carbons (Fsp3) is 0.474. The Morgan fingerprint density at radius 1 is 1.42 bits per heavy atom. The third kappa shape index (κ3) is 3.52. The van der Waals surface area contributed by atoms with Crippen LogP contribution >= 0.6 is 11.3 Å². The number of aliphatic hydroxyl groups is 1. The third-order valence-corrected chi connectivity index (χ3v) is 5.64. The average molecular weight is 344 g/mol. The van der Waals surface area contributed by atoms with Gasteiger partial charge in [0.05, 0.1) is 6.10 Å². The molecular formula is C19H24N2O2S. The Morgan fingerprint density at radius 2 is 2.21 bits per heavy atom. The molecule has 1 aliphatic rings. The molecule has 0 spiro atoms. The van der Waals surface area contributed by atoms with Gasteiger partial charge in [-0.3, -0.25) is 4.79 Å². The molecular weight excluding hydrogens is 320 g/mol. The summed E-state index contributed by atoms with van der Waals surface area (Å²) in [5, 5.41) is 12.5. The normalized spacial score (nSPS) is 19.3. The van der Waals surface area contributed by atoms with E-state index in [0.29, 0.717) is 12.2 Å². The van der Waals surface area contributed by atoms with E-state index in [1.165, 1.54) is 22.5 Å². The Bertz CT molecular complexity index is 739. The Kier molecular flexibility index (Phi) is 5.01. The van der Waals surface area contributed by atoms with E-state index in [0.717, 1.165) is 30.0 Å². The van der Waals surface area contributed by atoms with Crippen LogP contribution in [0.4, 0.5) is 0 Å². The summed E-state index contributed by atoms with van der Waals surface area (Å²) < 4.78 is 0. The van der Waals surface area contributed by atoms with Crippen molar-refractivity contribution in [1.29, 1.82) is 0 Å². The molecule has 2 heterocycles. The molecule has 5 heteroatoms. The molecule has 4 nitrogen and oxygen atoms in total. The van der Waals surface area contributed by atoms with Crippen LogP contribution in [0, 0.1) is 19.8 Å². The van der Waals surface area contributed by atoms with Gasteiger partial charge in [0.25, 0.3) is 5.91 Å². The minimum absolute atomic E-state index is 0.0207. The maximum atomic E-state index is 12.7. The predicted octanol–water partition coefficient (Wildman–Crippen LogP) is 3.66. The topological polar surface area (TPSA) is 53.4 Å². The molecule has 24 heavy (non-hydrogen) atoms. The van der Waals surface area contributed by atoms with Crippen molar-refractivity contribution in [1.82, 2.24) is 9.88 Å². The molecule has 0 aliphatic carbocycles. The fourth-order valence-electron chi connectivity index (χ4n) is 3.30. The van der Waals surface area contributed by atoms with Crippen LogP contribution in [0.2, 0.25) is 0 Å². The highest BCUT2D eigenvalue weighted by atomic mass is 32.1. The lowest BCUT2D eigenvalue weighted by Gasteiger charge is -2.33. The van der Waals surface area contributed by atoms with Crippen LogP contribution in [0.15, 0.2) is 23.6 Å². The van der Waals surface area contributed by atoms with Crippen molar-refractivity contribution in [3.63, 3.8) is 0 Å². The molecule has 0 bridgehead atoms. The van der Waals surface area contributed by atoms with E-state index in [9.17, 15) is 9.90 Å². The lowest BCUT2D eigenvalue weighted by Crippen LogP contribution is -2.43. The molecule has 3 rings (SSSR count). The van der Waals surface area contributed by atoms with Crippen molar-refractivity contribution in [2.45, 2.75) is 39.7 Å². The van der Waals surface area contributed by atoms with Gasteiger partial charge in [-0.2, -0.15) is 0 Å². The molecule has 0 saturated carbocycles. The summed E-state index contributed by atoms with van der Waals surface area (Å²) >= 11 is 1.51. The number of aryl methyl sites for hydroxylation is 2. The first-order valence-electron chi connectivity index (χ1n) is 8.46. The zero-order valence-corrected chi connectivity index (χ0v) is 15.3. The van der Waals surface area contributed by atoms with Gasteiger partial charge in [0.1, 0.15) is 10.7 Å². The second-order valence-electron chi connectivity index (χ2n) is 6.75. The molecule has 1 N–H and O–H groups in total. The molecule has 1 aromatic heterocycles. The summed E-state index contributed by atoms with van der Waals surface area (Å²) in [5.41, 5.74) is 4.00. The van der Waals surface area contributed by atoms with Crippen molar-refractivity contribution in [2.24, 2.45) is 5.92 Å². The van der Waals surface area contributed by atoms with Crippen molar-refractivity contribution >= 4 is 17.2 Å². The number of carbonyl (C=O) groups is 1. The summed E-state index contributed by atoms with van der Waals surface area (Å²) in [7, 11) is 0. The number of thiazole rings is 1. The van der Waals surface area contributed by atoms with Crippen LogP contribution in [0.25, 0.3) is 10.6 Å². The molecule has 2 atom stereocenters. The van der Waals surface area contributed by atoms with Gasteiger partial charge in [-0.15, -0.1) is 11.3 Å². The van der Waals surface area contributed by atoms with Crippen LogP contribution < -0.4 is 0 Å². The lowest BCUT2D eigenvalue weighted by atomic mass is 9.93. The van der Waals surface area contributed by atoms with Gasteiger partial charge < -0.3 is 10.0 Å². The smallest absolute Gasteiger partial charge is 0.273 e. The fourth-order valence-corrected chi connectivity index (χ4v) is 4.18. The van der Waals surface area contributed by atoms with Gasteiger partial charge >= 0.3 is 0 Å². The van der Waals surface area contributed by atoms with Crippen molar-refractivity contribution in [3.8, 4) is 10.6 Å². The molecule has 1 aromatic carbocycles. The summed E-state index contributed by atoms with van der Waals surface area (Å²) in [6.45, 7) is 7.32. The number of carbonyl (C=O) groups excluding carboxylic acids is 1. The number of aliphatic hydroxyl groups excluding tert-OH is 1. The van der Waals surface area contributed by atoms with Gasteiger partial charge in [-0.25, -0.2) is 4.98 Å². The molecule has 1 amide bonds. The van der Waals surface area contributed by atoms with Crippen LogP contribution in [-0.2, 0) is 0 Å². The van der Waals surface area contributed by atoms with E-state index in [1.807, 2.05) is 10.3 Å². The molecule has 0 radical (unpaired) electrons. The third-order valence-electron chi connectivity index (χ3n) is 4.76. The maximum Gasteiger partial charge on any atom is 0.273 e. The minimum Gasteiger partial charge on any atom is -0.393 e. The summed E-state index contributed by atoms with van der Waals surface area (Å²) in [5.74, 6) is 0.146. The quantitative estimate of drug-likeness (QED) is 0.924. The molecule has 2 unspecified atom stereocenters. The predicted molar refractivity (Wildman–Crippen MR) is 97.3 cm³/mol. The Hall–Kier alpha value is -1.72. The van der Waals surface area contributed by atoms with E-state index >= 15 is 0 Å². The molecule has 128 valence electrons. The van der Waals surface area contributed by atoms with Gasteiger partial charge in [-0.05, 0) is 39.2 Å². The zero-order chi connectivity index (χ0) is 17.3. The second kappa shape index (κ2) is 7.03. The molecule has 2 aromatic rings. The number of piperidine rings is 1. The standard InChI is InChI=1S/C19H24N2O2S/c1-12-6-7-16(13(2)9-12)18-20-17(11-24-18)19(23)21-8-4-5-15(10-21)14(3)22/h6-7,9,11,14-15,22H,4-5,8,10H2,1-3H3. The largest absolute Gasteiger partial charge is 0.393 e. The SMILES string of the molecule is Cc1ccc(-c2nc(C(=O)N3CCCC(C(C)O)C3)cs2)c(C)c1. The van der Waals surface area contributed by atoms with E-state index in [2.05, 4.69) is 37.0 Å². The van der Waals surface area contributed by atoms with E-state index in [4.69, 9.17) is 0 Å². The number of amides is 1. The van der Waals surface area contributed by atoms with Crippen LogP contribution in [-0.4, -0.2) is 40.1 Å². The first-order valence-corrected chi connectivity index (χ1v) is 9.34. The number of rotatable bonds is 3. The molecule has 1 saturated heterocycles. The Balaban J connectivity index is 1.78. The highest BCUT2D eigenvalue weighted by molar-refractivity contribution is 7.13. The summed E-state index contributed by atoms with van der Waals surface area (Å²) in [6.07, 6.45) is 1.55. The number of likely N-dealkylation sites (tertiary alicyclic amines) is 1. The van der Waals surface area contributed by atoms with Gasteiger partial charge in [0.2, 0.25) is 0 Å². The van der Waals surface area contributed by atoms with Crippen LogP contribution in [0.3, 0.4) is 0 Å². The van der Waals surface area contributed by atoms with Gasteiger partial charge in [0.15, 0.2) is 0 Å². The highest BCUT2D eigenvalue weighted by Crippen LogP contribution is 2.28. The maximum absolute atomic E-state index is 12.7. The lowest BCUT2D eigenvalue weighted by molar-refractivity contribution is 0.0462.